The zero-order valence-electron chi connectivity index (χ0n) is 9.72. The van der Waals surface area contributed by atoms with Gasteiger partial charge in [0.1, 0.15) is 0 Å². The van der Waals surface area contributed by atoms with Crippen LogP contribution in [-0.4, -0.2) is 16.7 Å². The molecule has 0 radical (unpaired) electrons. The lowest BCUT2D eigenvalue weighted by Gasteiger charge is -2.19. The maximum Gasteiger partial charge on any atom is 0.0538 e. The second kappa shape index (κ2) is 4.62. The van der Waals surface area contributed by atoms with E-state index < -0.39 is 0 Å². The van der Waals surface area contributed by atoms with Crippen LogP contribution in [0.2, 0.25) is 0 Å². The Morgan fingerprint density at radius 3 is 2.62 bits per heavy atom. The molecule has 2 rings (SSSR count). The van der Waals surface area contributed by atoms with Gasteiger partial charge in [-0.25, -0.2) is 0 Å². The molecular formula is C14H17NO. The van der Waals surface area contributed by atoms with Gasteiger partial charge in [0.2, 0.25) is 0 Å². The normalized spacial score (nSPS) is 13.2. The van der Waals surface area contributed by atoms with Crippen molar-refractivity contribution < 1.29 is 5.11 Å². The van der Waals surface area contributed by atoms with Crippen LogP contribution < -0.4 is 0 Å². The highest BCUT2D eigenvalue weighted by atomic mass is 16.3. The van der Waals surface area contributed by atoms with Crippen LogP contribution in [0.25, 0.3) is 10.8 Å². The Bertz CT molecular complexity index is 474. The van der Waals surface area contributed by atoms with Gasteiger partial charge < -0.3 is 5.11 Å². The number of aromatic nitrogens is 1. The van der Waals surface area contributed by atoms with Crippen LogP contribution in [0.1, 0.15) is 25.5 Å². The number of benzene rings is 1. The fourth-order valence-electron chi connectivity index (χ4n) is 2.05. The molecule has 0 fully saturated rings. The minimum atomic E-state index is 0.117. The number of nitrogens with zero attached hydrogens (tertiary/aromatic N) is 1. The molecule has 1 atom stereocenters. The van der Waals surface area contributed by atoms with Gasteiger partial charge in [0.15, 0.2) is 0 Å². The molecule has 1 heterocycles. The SMILES string of the molecule is CC(C)C(CO)c1nccc2ccccc12. The van der Waals surface area contributed by atoms with Crippen molar-refractivity contribution in [2.75, 3.05) is 6.61 Å². The van der Waals surface area contributed by atoms with Crippen LogP contribution in [-0.2, 0) is 0 Å². The molecule has 1 aromatic carbocycles. The molecule has 0 saturated heterocycles. The molecule has 1 N–H and O–H groups in total. The van der Waals surface area contributed by atoms with Crippen molar-refractivity contribution in [1.29, 1.82) is 0 Å². The fourth-order valence-corrected chi connectivity index (χ4v) is 2.05. The van der Waals surface area contributed by atoms with Gasteiger partial charge in [-0.15, -0.1) is 0 Å². The lowest BCUT2D eigenvalue weighted by molar-refractivity contribution is 0.235. The van der Waals surface area contributed by atoms with E-state index in [1.54, 1.807) is 0 Å². The third-order valence-electron chi connectivity index (χ3n) is 3.06. The van der Waals surface area contributed by atoms with Crippen molar-refractivity contribution in [3.63, 3.8) is 0 Å². The summed E-state index contributed by atoms with van der Waals surface area (Å²) in [4.78, 5) is 4.44. The molecule has 16 heavy (non-hydrogen) atoms. The Balaban J connectivity index is 2.59. The third kappa shape index (κ3) is 1.93. The molecule has 2 nitrogen and oxygen atoms in total. The van der Waals surface area contributed by atoms with Crippen molar-refractivity contribution in [2.45, 2.75) is 19.8 Å². The number of pyridine rings is 1. The molecule has 1 unspecified atom stereocenters. The monoisotopic (exact) mass is 215 g/mol. The number of aliphatic hydroxyl groups is 1. The van der Waals surface area contributed by atoms with Gasteiger partial charge in [-0.3, -0.25) is 4.98 Å². The summed E-state index contributed by atoms with van der Waals surface area (Å²) in [5.74, 6) is 0.509. The highest BCUT2D eigenvalue weighted by Crippen LogP contribution is 2.28. The predicted octanol–water partition coefficient (Wildman–Crippen LogP) is 2.97. The van der Waals surface area contributed by atoms with Gasteiger partial charge in [0, 0.05) is 17.5 Å². The molecular weight excluding hydrogens is 198 g/mol. The van der Waals surface area contributed by atoms with Crippen LogP contribution in [0.3, 0.4) is 0 Å². The Hall–Kier alpha value is -1.41. The largest absolute Gasteiger partial charge is 0.396 e. The quantitative estimate of drug-likeness (QED) is 0.853. The molecule has 2 heteroatoms. The molecule has 0 bridgehead atoms. The number of rotatable bonds is 3. The Morgan fingerprint density at radius 2 is 1.94 bits per heavy atom. The molecule has 84 valence electrons. The minimum Gasteiger partial charge on any atom is -0.396 e. The summed E-state index contributed by atoms with van der Waals surface area (Å²) < 4.78 is 0. The van der Waals surface area contributed by atoms with E-state index in [4.69, 9.17) is 0 Å². The standard InChI is InChI=1S/C14H17NO/c1-10(2)13(9-16)14-12-6-4-3-5-11(12)7-8-15-14/h3-8,10,13,16H,9H2,1-2H3. The first-order chi connectivity index (χ1) is 7.74. The molecule has 2 aromatic rings. The minimum absolute atomic E-state index is 0.117. The number of fused-ring (bicyclic) bond motifs is 1. The summed E-state index contributed by atoms with van der Waals surface area (Å²) in [6.45, 7) is 4.38. The van der Waals surface area contributed by atoms with Crippen LogP contribution >= 0.6 is 0 Å². The Labute approximate surface area is 96.0 Å². The average Bonchev–Trinajstić information content (AvgIpc) is 2.30. The molecule has 1 aromatic heterocycles. The molecule has 0 spiro atoms. The van der Waals surface area contributed by atoms with Gasteiger partial charge >= 0.3 is 0 Å². The van der Waals surface area contributed by atoms with Crippen molar-refractivity contribution in [1.82, 2.24) is 4.98 Å². The van der Waals surface area contributed by atoms with Crippen LogP contribution in [0.4, 0.5) is 0 Å². The number of hydrogen-bond acceptors (Lipinski definition) is 2. The summed E-state index contributed by atoms with van der Waals surface area (Å²) in [6, 6.07) is 10.2. The first kappa shape index (κ1) is 11.1. The van der Waals surface area contributed by atoms with Crippen molar-refractivity contribution in [3.8, 4) is 0 Å². The summed E-state index contributed by atoms with van der Waals surface area (Å²) >= 11 is 0. The van der Waals surface area contributed by atoms with Crippen molar-refractivity contribution >= 4 is 10.8 Å². The van der Waals surface area contributed by atoms with Crippen LogP contribution in [0, 0.1) is 5.92 Å². The van der Waals surface area contributed by atoms with E-state index in [2.05, 4.69) is 31.0 Å². The highest BCUT2D eigenvalue weighted by Gasteiger charge is 2.18. The summed E-state index contributed by atoms with van der Waals surface area (Å²) in [7, 11) is 0. The van der Waals surface area contributed by atoms with Crippen LogP contribution in [0.15, 0.2) is 36.5 Å². The van der Waals surface area contributed by atoms with E-state index in [9.17, 15) is 5.11 Å². The van der Waals surface area contributed by atoms with Gasteiger partial charge in [0.25, 0.3) is 0 Å². The molecule has 0 aliphatic heterocycles. The van der Waals surface area contributed by atoms with Crippen LogP contribution in [0.5, 0.6) is 0 Å². The van der Waals surface area contributed by atoms with E-state index in [0.717, 1.165) is 11.1 Å². The summed E-state index contributed by atoms with van der Waals surface area (Å²) in [5, 5.41) is 11.8. The molecule has 0 amide bonds. The van der Waals surface area contributed by atoms with Gasteiger partial charge in [-0.2, -0.15) is 0 Å². The number of aliphatic hydroxyl groups excluding tert-OH is 1. The topological polar surface area (TPSA) is 33.1 Å². The molecule has 0 aliphatic carbocycles. The van der Waals surface area contributed by atoms with Crippen molar-refractivity contribution in [2.24, 2.45) is 5.92 Å². The molecule has 0 saturated carbocycles. The maximum absolute atomic E-state index is 9.47. The second-order valence-electron chi connectivity index (χ2n) is 4.45. The zero-order chi connectivity index (χ0) is 11.5. The third-order valence-corrected chi connectivity index (χ3v) is 3.06. The lowest BCUT2D eigenvalue weighted by atomic mass is 9.90. The zero-order valence-corrected chi connectivity index (χ0v) is 9.72. The van der Waals surface area contributed by atoms with Gasteiger partial charge in [-0.05, 0) is 17.4 Å². The molecule has 0 aliphatic rings. The van der Waals surface area contributed by atoms with E-state index in [1.165, 1.54) is 5.39 Å². The van der Waals surface area contributed by atoms with Crippen molar-refractivity contribution in [3.05, 3.63) is 42.2 Å². The number of hydrogen-bond donors (Lipinski definition) is 1. The van der Waals surface area contributed by atoms with E-state index >= 15 is 0 Å². The smallest absolute Gasteiger partial charge is 0.0538 e. The summed E-state index contributed by atoms with van der Waals surface area (Å²) in [6.07, 6.45) is 1.82. The fraction of sp³-hybridized carbons (Fsp3) is 0.357. The first-order valence-electron chi connectivity index (χ1n) is 5.68. The first-order valence-corrected chi connectivity index (χ1v) is 5.68. The summed E-state index contributed by atoms with van der Waals surface area (Å²) in [5.41, 5.74) is 1.01. The lowest BCUT2D eigenvalue weighted by Crippen LogP contribution is -2.13. The van der Waals surface area contributed by atoms with E-state index in [0.29, 0.717) is 5.92 Å². The van der Waals surface area contributed by atoms with E-state index in [-0.39, 0.29) is 12.5 Å². The Morgan fingerprint density at radius 1 is 1.19 bits per heavy atom. The highest BCUT2D eigenvalue weighted by molar-refractivity contribution is 5.84. The Kier molecular flexibility index (Phi) is 3.20. The van der Waals surface area contributed by atoms with Gasteiger partial charge in [0.05, 0.1) is 12.3 Å². The van der Waals surface area contributed by atoms with Gasteiger partial charge in [-0.1, -0.05) is 38.1 Å². The van der Waals surface area contributed by atoms with E-state index in [1.807, 2.05) is 24.4 Å². The average molecular weight is 215 g/mol. The predicted molar refractivity (Wildman–Crippen MR) is 66.4 cm³/mol. The second-order valence-corrected chi connectivity index (χ2v) is 4.45. The maximum atomic E-state index is 9.47.